The van der Waals surface area contributed by atoms with Crippen molar-refractivity contribution in [3.8, 4) is 0 Å². The summed E-state index contributed by atoms with van der Waals surface area (Å²) in [7, 11) is 1.65. The third-order valence-corrected chi connectivity index (χ3v) is 8.26. The lowest BCUT2D eigenvalue weighted by atomic mass is 9.93. The summed E-state index contributed by atoms with van der Waals surface area (Å²) < 4.78 is 13.4. The molecule has 1 aromatic heterocycles. The van der Waals surface area contributed by atoms with E-state index in [0.29, 0.717) is 39.3 Å². The van der Waals surface area contributed by atoms with E-state index < -0.39 is 11.9 Å². The van der Waals surface area contributed by atoms with E-state index in [-0.39, 0.29) is 24.2 Å². The van der Waals surface area contributed by atoms with E-state index in [0.717, 1.165) is 30.6 Å². The Morgan fingerprint density at radius 1 is 0.913 bits per heavy atom. The van der Waals surface area contributed by atoms with Crippen LogP contribution in [0.15, 0.2) is 109 Å². The van der Waals surface area contributed by atoms with E-state index in [2.05, 4.69) is 20.9 Å². The number of aromatic nitrogens is 1. The molecule has 1 fully saturated rings. The van der Waals surface area contributed by atoms with Crippen molar-refractivity contribution in [1.82, 2.24) is 20.5 Å². The number of hydrogen-bond donors (Lipinski definition) is 3. The predicted octanol–water partition coefficient (Wildman–Crippen LogP) is 5.83. The van der Waals surface area contributed by atoms with E-state index in [1.165, 1.54) is 17.0 Å². The Kier molecular flexibility index (Phi) is 9.12. The average molecular weight is 616 g/mol. The number of carbonyl (C=O) groups excluding carboxylic acids is 3. The highest BCUT2D eigenvalue weighted by atomic mass is 19.1. The van der Waals surface area contributed by atoms with Gasteiger partial charge in [-0.05, 0) is 84.1 Å². The van der Waals surface area contributed by atoms with Gasteiger partial charge in [0.1, 0.15) is 17.7 Å². The average Bonchev–Trinajstić information content (AvgIpc) is 3.63. The van der Waals surface area contributed by atoms with Crippen molar-refractivity contribution in [2.45, 2.75) is 24.9 Å². The standard InChI is InChI=1S/C37H34FN5O3/c1-43(23-24-11-15-29(38)16-12-24)37(46)34(25-7-3-2-4-8-25)42-35(44)27-13-17-32-26(21-27)14-18-33(40-32)41-36(45)31-10-6-5-9-30(31)28-19-20-39-22-28/h2-18,21,28,34,39H,19-20,22-23H2,1H3,(H,42,44)(H,40,41,45)/t28?,34-/m0/s1. The first-order chi connectivity index (χ1) is 22.4. The Bertz CT molecular complexity index is 1870. The molecule has 6 rings (SSSR count). The second-order valence-corrected chi connectivity index (χ2v) is 11.5. The summed E-state index contributed by atoms with van der Waals surface area (Å²) in [5, 5.41) is 9.89. The number of rotatable bonds is 9. The molecule has 0 aliphatic carbocycles. The molecule has 1 aliphatic heterocycles. The maximum absolute atomic E-state index is 13.6. The molecule has 2 atom stereocenters. The zero-order valence-electron chi connectivity index (χ0n) is 25.4. The van der Waals surface area contributed by atoms with Gasteiger partial charge in [-0.25, -0.2) is 9.37 Å². The topological polar surface area (TPSA) is 103 Å². The highest BCUT2D eigenvalue weighted by Crippen LogP contribution is 2.27. The summed E-state index contributed by atoms with van der Waals surface area (Å²) >= 11 is 0. The number of carbonyl (C=O) groups is 3. The lowest BCUT2D eigenvalue weighted by Crippen LogP contribution is -2.41. The highest BCUT2D eigenvalue weighted by molar-refractivity contribution is 6.06. The highest BCUT2D eigenvalue weighted by Gasteiger charge is 2.27. The van der Waals surface area contributed by atoms with Gasteiger partial charge in [-0.15, -0.1) is 0 Å². The fourth-order valence-corrected chi connectivity index (χ4v) is 5.81. The summed E-state index contributed by atoms with van der Waals surface area (Å²) in [6.07, 6.45) is 0.987. The number of hydrogen-bond acceptors (Lipinski definition) is 5. The molecule has 0 saturated carbocycles. The first-order valence-electron chi connectivity index (χ1n) is 15.2. The third-order valence-electron chi connectivity index (χ3n) is 8.26. The van der Waals surface area contributed by atoms with Crippen molar-refractivity contribution < 1.29 is 18.8 Å². The first kappa shape index (κ1) is 30.6. The zero-order chi connectivity index (χ0) is 32.0. The molecule has 1 saturated heterocycles. The summed E-state index contributed by atoms with van der Waals surface area (Å²) in [6.45, 7) is 2.04. The van der Waals surface area contributed by atoms with Gasteiger partial charge in [0.25, 0.3) is 11.8 Å². The summed E-state index contributed by atoms with van der Waals surface area (Å²) in [4.78, 5) is 46.5. The van der Waals surface area contributed by atoms with E-state index in [1.807, 2.05) is 42.5 Å². The molecule has 0 bridgehead atoms. The molecule has 4 aromatic carbocycles. The minimum absolute atomic E-state index is 0.216. The quantitative estimate of drug-likeness (QED) is 0.194. The van der Waals surface area contributed by atoms with Crippen LogP contribution in [-0.2, 0) is 11.3 Å². The third kappa shape index (κ3) is 6.95. The van der Waals surface area contributed by atoms with Gasteiger partial charge in [-0.1, -0.05) is 60.7 Å². The van der Waals surface area contributed by atoms with Crippen LogP contribution >= 0.6 is 0 Å². The van der Waals surface area contributed by atoms with Crippen molar-refractivity contribution in [1.29, 1.82) is 0 Å². The van der Waals surface area contributed by atoms with E-state index in [9.17, 15) is 18.8 Å². The molecule has 5 aromatic rings. The predicted molar refractivity (Wildman–Crippen MR) is 176 cm³/mol. The van der Waals surface area contributed by atoms with Crippen LogP contribution in [0.5, 0.6) is 0 Å². The molecule has 3 N–H and O–H groups in total. The summed E-state index contributed by atoms with van der Waals surface area (Å²) in [5.74, 6) is -0.591. The number of nitrogens with zero attached hydrogens (tertiary/aromatic N) is 2. The van der Waals surface area contributed by atoms with Crippen molar-refractivity contribution in [3.63, 3.8) is 0 Å². The number of pyridine rings is 1. The van der Waals surface area contributed by atoms with E-state index in [4.69, 9.17) is 0 Å². The van der Waals surface area contributed by atoms with Crippen LogP contribution in [0, 0.1) is 5.82 Å². The van der Waals surface area contributed by atoms with Crippen molar-refractivity contribution in [2.24, 2.45) is 0 Å². The molecular formula is C37H34FN5O3. The van der Waals surface area contributed by atoms with Gasteiger partial charge in [0.05, 0.1) is 5.52 Å². The SMILES string of the molecule is CN(Cc1ccc(F)cc1)C(=O)[C@@H](NC(=O)c1ccc2nc(NC(=O)c3ccccc3C3CCNC3)ccc2c1)c1ccccc1. The fraction of sp³-hybridized carbons (Fsp3) is 0.189. The smallest absolute Gasteiger partial charge is 0.257 e. The molecule has 0 radical (unpaired) electrons. The van der Waals surface area contributed by atoms with Gasteiger partial charge in [0, 0.05) is 36.7 Å². The molecule has 46 heavy (non-hydrogen) atoms. The van der Waals surface area contributed by atoms with Crippen LogP contribution in [0.2, 0.25) is 0 Å². The monoisotopic (exact) mass is 615 g/mol. The largest absolute Gasteiger partial charge is 0.339 e. The van der Waals surface area contributed by atoms with Gasteiger partial charge < -0.3 is 20.9 Å². The Morgan fingerprint density at radius 2 is 1.67 bits per heavy atom. The Balaban J connectivity index is 1.17. The zero-order valence-corrected chi connectivity index (χ0v) is 25.4. The second-order valence-electron chi connectivity index (χ2n) is 11.5. The molecule has 2 heterocycles. The molecule has 0 spiro atoms. The van der Waals surface area contributed by atoms with Crippen LogP contribution in [0.1, 0.15) is 55.8 Å². The van der Waals surface area contributed by atoms with E-state index >= 15 is 0 Å². The Morgan fingerprint density at radius 3 is 2.43 bits per heavy atom. The lowest BCUT2D eigenvalue weighted by molar-refractivity contribution is -0.132. The van der Waals surface area contributed by atoms with Gasteiger partial charge >= 0.3 is 0 Å². The minimum Gasteiger partial charge on any atom is -0.339 e. The molecular weight excluding hydrogens is 581 g/mol. The molecule has 232 valence electrons. The molecule has 9 heteroatoms. The van der Waals surface area contributed by atoms with Gasteiger partial charge in [0.2, 0.25) is 5.91 Å². The van der Waals surface area contributed by atoms with Crippen LogP contribution in [0.25, 0.3) is 10.9 Å². The number of amides is 3. The molecule has 8 nitrogen and oxygen atoms in total. The summed E-state index contributed by atoms with van der Waals surface area (Å²) in [5.41, 5.74) is 4.03. The number of likely N-dealkylation sites (N-methyl/N-ethyl adjacent to an activating group) is 1. The second kappa shape index (κ2) is 13.7. The number of benzene rings is 4. The van der Waals surface area contributed by atoms with Crippen molar-refractivity contribution in [2.75, 3.05) is 25.5 Å². The maximum Gasteiger partial charge on any atom is 0.257 e. The number of halogens is 1. The normalized spacial score (nSPS) is 14.9. The number of fused-ring (bicyclic) bond motifs is 1. The Labute approximate surface area is 266 Å². The summed E-state index contributed by atoms with van der Waals surface area (Å²) in [6, 6.07) is 30.3. The van der Waals surface area contributed by atoms with Gasteiger partial charge in [0.15, 0.2) is 0 Å². The van der Waals surface area contributed by atoms with Crippen molar-refractivity contribution in [3.05, 3.63) is 143 Å². The van der Waals surface area contributed by atoms with Gasteiger partial charge in [-0.3, -0.25) is 14.4 Å². The molecule has 1 unspecified atom stereocenters. The van der Waals surface area contributed by atoms with Crippen LogP contribution < -0.4 is 16.0 Å². The number of nitrogens with one attached hydrogen (secondary N) is 3. The Hall–Kier alpha value is -5.41. The maximum atomic E-state index is 13.6. The van der Waals surface area contributed by atoms with Crippen LogP contribution in [0.4, 0.5) is 10.2 Å². The fourth-order valence-electron chi connectivity index (χ4n) is 5.81. The van der Waals surface area contributed by atoms with Crippen molar-refractivity contribution >= 4 is 34.4 Å². The van der Waals surface area contributed by atoms with Gasteiger partial charge in [-0.2, -0.15) is 0 Å². The first-order valence-corrected chi connectivity index (χ1v) is 15.2. The number of anilines is 1. The molecule has 3 amide bonds. The van der Waals surface area contributed by atoms with E-state index in [1.54, 1.807) is 61.6 Å². The van der Waals surface area contributed by atoms with Crippen LogP contribution in [-0.4, -0.2) is 47.7 Å². The minimum atomic E-state index is -0.937. The lowest BCUT2D eigenvalue weighted by Gasteiger charge is -2.25. The molecule has 1 aliphatic rings. The van der Waals surface area contributed by atoms with Crippen LogP contribution in [0.3, 0.4) is 0 Å².